The van der Waals surface area contributed by atoms with Gasteiger partial charge in [-0.2, -0.15) is 0 Å². The molecule has 0 amide bonds. The highest BCUT2D eigenvalue weighted by atomic mass is 16.6. The number of aryl methyl sites for hydroxylation is 1. The van der Waals surface area contributed by atoms with E-state index in [1.165, 1.54) is 0 Å². The maximum Gasteiger partial charge on any atom is 0.277 e. The molecule has 0 saturated heterocycles. The second kappa shape index (κ2) is 3.10. The SMILES string of the molecule is Cc1cc([N+](=O)[O-])c2cccccc1-2. The van der Waals surface area contributed by atoms with Crippen LogP contribution in [0, 0.1) is 17.0 Å². The maximum absolute atomic E-state index is 10.7. The summed E-state index contributed by atoms with van der Waals surface area (Å²) in [4.78, 5) is 10.4. The summed E-state index contributed by atoms with van der Waals surface area (Å²) in [6.07, 6.45) is 0. The van der Waals surface area contributed by atoms with E-state index in [4.69, 9.17) is 0 Å². The Kier molecular flexibility index (Phi) is 1.93. The Morgan fingerprint density at radius 1 is 1.14 bits per heavy atom. The van der Waals surface area contributed by atoms with Crippen molar-refractivity contribution in [3.63, 3.8) is 0 Å². The van der Waals surface area contributed by atoms with Gasteiger partial charge in [0.1, 0.15) is 0 Å². The molecule has 0 radical (unpaired) electrons. The lowest BCUT2D eigenvalue weighted by molar-refractivity contribution is -0.383. The quantitative estimate of drug-likeness (QED) is 0.508. The lowest BCUT2D eigenvalue weighted by Gasteiger charge is -1.92. The van der Waals surface area contributed by atoms with Crippen molar-refractivity contribution in [2.45, 2.75) is 6.92 Å². The molecule has 0 fully saturated rings. The van der Waals surface area contributed by atoms with Gasteiger partial charge in [0.2, 0.25) is 0 Å². The van der Waals surface area contributed by atoms with Crippen molar-refractivity contribution in [3.05, 3.63) is 52.1 Å². The smallest absolute Gasteiger partial charge is 0.258 e. The molecule has 2 aliphatic rings. The average molecular weight is 187 g/mol. The summed E-state index contributed by atoms with van der Waals surface area (Å²) in [5, 5.41) is 10.7. The topological polar surface area (TPSA) is 43.1 Å². The summed E-state index contributed by atoms with van der Waals surface area (Å²) in [6, 6.07) is 10.9. The highest BCUT2D eigenvalue weighted by Gasteiger charge is 2.19. The number of fused-ring (bicyclic) bond motifs is 1. The molecule has 14 heavy (non-hydrogen) atoms. The molecule has 3 heteroatoms. The minimum Gasteiger partial charge on any atom is -0.258 e. The second-order valence-corrected chi connectivity index (χ2v) is 3.21. The second-order valence-electron chi connectivity index (χ2n) is 3.21. The van der Waals surface area contributed by atoms with Gasteiger partial charge in [-0.1, -0.05) is 24.3 Å². The van der Waals surface area contributed by atoms with E-state index >= 15 is 0 Å². The van der Waals surface area contributed by atoms with E-state index in [1.807, 2.05) is 31.2 Å². The lowest BCUT2D eigenvalue weighted by Crippen LogP contribution is -1.85. The summed E-state index contributed by atoms with van der Waals surface area (Å²) < 4.78 is 0. The number of nitro groups is 1. The minimum absolute atomic E-state index is 0.189. The van der Waals surface area contributed by atoms with Gasteiger partial charge >= 0.3 is 0 Å². The van der Waals surface area contributed by atoms with Gasteiger partial charge in [-0.25, -0.2) is 0 Å². The van der Waals surface area contributed by atoms with Crippen LogP contribution in [0.4, 0.5) is 5.69 Å². The first-order valence-electron chi connectivity index (χ1n) is 4.33. The van der Waals surface area contributed by atoms with E-state index in [-0.39, 0.29) is 10.6 Å². The Hall–Kier alpha value is -1.90. The van der Waals surface area contributed by atoms with Gasteiger partial charge in [0.05, 0.1) is 10.5 Å². The minimum atomic E-state index is -0.338. The normalized spacial score (nSPS) is 10.4. The number of hydrogen-bond donors (Lipinski definition) is 0. The van der Waals surface area contributed by atoms with E-state index in [0.717, 1.165) is 11.1 Å². The fourth-order valence-electron chi connectivity index (χ4n) is 1.63. The fraction of sp³-hybridized carbons (Fsp3) is 0.0909. The van der Waals surface area contributed by atoms with Gasteiger partial charge in [-0.15, -0.1) is 0 Å². The van der Waals surface area contributed by atoms with Crippen LogP contribution >= 0.6 is 0 Å². The Bertz CT molecular complexity index is 465. The first kappa shape index (κ1) is 8.69. The third-order valence-corrected chi connectivity index (χ3v) is 2.29. The van der Waals surface area contributed by atoms with Crippen molar-refractivity contribution >= 4 is 5.69 Å². The molecule has 0 spiro atoms. The molecular formula is C11H9NO2. The van der Waals surface area contributed by atoms with Gasteiger partial charge < -0.3 is 0 Å². The molecule has 0 aliphatic heterocycles. The molecule has 2 rings (SSSR count). The molecule has 0 aromatic rings. The Labute approximate surface area is 81.5 Å². The third-order valence-electron chi connectivity index (χ3n) is 2.29. The zero-order valence-corrected chi connectivity index (χ0v) is 7.73. The summed E-state index contributed by atoms with van der Waals surface area (Å²) in [7, 11) is 0. The van der Waals surface area contributed by atoms with Crippen LogP contribution < -0.4 is 0 Å². The van der Waals surface area contributed by atoms with Crippen molar-refractivity contribution in [2.24, 2.45) is 0 Å². The van der Waals surface area contributed by atoms with Crippen LogP contribution in [0.3, 0.4) is 0 Å². The van der Waals surface area contributed by atoms with Crippen molar-refractivity contribution in [1.29, 1.82) is 0 Å². The summed E-state index contributed by atoms with van der Waals surface area (Å²) in [5.41, 5.74) is 2.79. The van der Waals surface area contributed by atoms with E-state index in [1.54, 1.807) is 12.1 Å². The van der Waals surface area contributed by atoms with E-state index in [2.05, 4.69) is 0 Å². The van der Waals surface area contributed by atoms with Crippen LogP contribution in [0.25, 0.3) is 11.1 Å². The molecule has 0 saturated carbocycles. The monoisotopic (exact) mass is 187 g/mol. The summed E-state index contributed by atoms with van der Waals surface area (Å²) >= 11 is 0. The fourth-order valence-corrected chi connectivity index (χ4v) is 1.63. The molecule has 0 bridgehead atoms. The maximum atomic E-state index is 10.7. The summed E-state index contributed by atoms with van der Waals surface area (Å²) in [6.45, 7) is 1.88. The third kappa shape index (κ3) is 1.23. The van der Waals surface area contributed by atoms with Crippen LogP contribution in [0.2, 0.25) is 0 Å². The van der Waals surface area contributed by atoms with Crippen molar-refractivity contribution < 1.29 is 4.92 Å². The molecule has 70 valence electrons. The lowest BCUT2D eigenvalue weighted by atomic mass is 10.1. The van der Waals surface area contributed by atoms with Gasteiger partial charge in [-0.3, -0.25) is 10.1 Å². The first-order chi connectivity index (χ1) is 6.70. The van der Waals surface area contributed by atoms with Gasteiger partial charge in [-0.05, 0) is 24.1 Å². The molecule has 2 aliphatic carbocycles. The van der Waals surface area contributed by atoms with Crippen molar-refractivity contribution in [3.8, 4) is 11.1 Å². The molecule has 0 atom stereocenters. The first-order valence-corrected chi connectivity index (χ1v) is 4.33. The standard InChI is InChI=1S/C11H9NO2/c1-8-7-11(12(13)14)10-6-4-2-3-5-9(8)10/h2-7H,1H3. The van der Waals surface area contributed by atoms with E-state index in [9.17, 15) is 10.1 Å². The summed E-state index contributed by atoms with van der Waals surface area (Å²) in [5.74, 6) is 0. The molecule has 3 nitrogen and oxygen atoms in total. The zero-order chi connectivity index (χ0) is 10.1. The van der Waals surface area contributed by atoms with Gasteiger partial charge in [0, 0.05) is 6.07 Å². The van der Waals surface area contributed by atoms with Gasteiger partial charge in [0.25, 0.3) is 5.69 Å². The van der Waals surface area contributed by atoms with Crippen LogP contribution in [0.15, 0.2) is 36.4 Å². The highest BCUT2D eigenvalue weighted by molar-refractivity contribution is 5.80. The van der Waals surface area contributed by atoms with Gasteiger partial charge in [0.15, 0.2) is 0 Å². The molecule has 0 heterocycles. The number of nitrogens with zero attached hydrogens (tertiary/aromatic N) is 1. The predicted octanol–water partition coefficient (Wildman–Crippen LogP) is 3.01. The highest BCUT2D eigenvalue weighted by Crippen LogP contribution is 2.36. The van der Waals surface area contributed by atoms with Crippen LogP contribution in [-0.2, 0) is 0 Å². The van der Waals surface area contributed by atoms with E-state index in [0.29, 0.717) is 5.56 Å². The zero-order valence-electron chi connectivity index (χ0n) is 7.73. The molecule has 0 aromatic heterocycles. The molecule has 0 aromatic carbocycles. The van der Waals surface area contributed by atoms with Crippen LogP contribution in [0.1, 0.15) is 5.56 Å². The van der Waals surface area contributed by atoms with E-state index < -0.39 is 0 Å². The van der Waals surface area contributed by atoms with Crippen molar-refractivity contribution in [1.82, 2.24) is 0 Å². The van der Waals surface area contributed by atoms with Crippen LogP contribution in [-0.4, -0.2) is 4.92 Å². The Morgan fingerprint density at radius 3 is 2.43 bits per heavy atom. The molecule has 0 N–H and O–H groups in total. The van der Waals surface area contributed by atoms with Crippen LogP contribution in [0.5, 0.6) is 0 Å². The Morgan fingerprint density at radius 2 is 1.79 bits per heavy atom. The molecular weight excluding hydrogens is 178 g/mol. The number of rotatable bonds is 1. The van der Waals surface area contributed by atoms with Crippen molar-refractivity contribution in [2.75, 3.05) is 0 Å². The largest absolute Gasteiger partial charge is 0.277 e. The Balaban J connectivity index is 2.76. The average Bonchev–Trinajstić information content (AvgIpc) is 2.38. The predicted molar refractivity (Wildman–Crippen MR) is 54.5 cm³/mol. The molecule has 0 unspecified atom stereocenters. The number of hydrogen-bond acceptors (Lipinski definition) is 2.